The second-order valence-electron chi connectivity index (χ2n) is 2.49. The smallest absolute Gasteiger partial charge is 0.320 e. The zero-order valence-electron chi connectivity index (χ0n) is 5.62. The van der Waals surface area contributed by atoms with Gasteiger partial charge in [0, 0.05) is 12.5 Å². The fourth-order valence-corrected chi connectivity index (χ4v) is 1.04. The van der Waals surface area contributed by atoms with Crippen molar-refractivity contribution >= 4 is 5.97 Å². The minimum atomic E-state index is -0.935. The van der Waals surface area contributed by atoms with E-state index in [4.69, 9.17) is 15.6 Å². The first-order chi connectivity index (χ1) is 4.72. The molecule has 0 radical (unpaired) electrons. The van der Waals surface area contributed by atoms with Crippen molar-refractivity contribution in [2.75, 3.05) is 13.2 Å². The Labute approximate surface area is 59.0 Å². The molecule has 58 valence electrons. The zero-order chi connectivity index (χ0) is 7.56. The molecule has 1 fully saturated rings. The van der Waals surface area contributed by atoms with Crippen LogP contribution in [0.5, 0.6) is 0 Å². The molecule has 0 amide bonds. The Hall–Kier alpha value is -0.610. The molecule has 0 aromatic rings. The number of nitrogens with two attached hydrogens (primary N) is 1. The molecule has 0 saturated carbocycles. The van der Waals surface area contributed by atoms with Crippen molar-refractivity contribution in [3.8, 4) is 0 Å². The fraction of sp³-hybridized carbons (Fsp3) is 0.833. The van der Waals surface area contributed by atoms with Crippen molar-refractivity contribution in [3.63, 3.8) is 0 Å². The van der Waals surface area contributed by atoms with Crippen molar-refractivity contribution in [2.45, 2.75) is 12.5 Å². The molecule has 0 aromatic carbocycles. The van der Waals surface area contributed by atoms with Gasteiger partial charge in [-0.15, -0.1) is 0 Å². The summed E-state index contributed by atoms with van der Waals surface area (Å²) in [7, 11) is 0. The Morgan fingerprint density at radius 3 is 2.90 bits per heavy atom. The van der Waals surface area contributed by atoms with E-state index in [9.17, 15) is 4.79 Å². The standard InChI is InChI=1S/C6H11NO3/c7-5(6(8)9)4-1-2-10-3-4/h4-5H,1-3,7H2,(H,8,9)/t4-,5-/m1/s1. The second-order valence-corrected chi connectivity index (χ2v) is 2.49. The molecule has 3 N–H and O–H groups in total. The number of hydrogen-bond acceptors (Lipinski definition) is 3. The van der Waals surface area contributed by atoms with Gasteiger partial charge in [-0.1, -0.05) is 0 Å². The van der Waals surface area contributed by atoms with Gasteiger partial charge in [0.1, 0.15) is 6.04 Å². The van der Waals surface area contributed by atoms with Gasteiger partial charge in [-0.05, 0) is 6.42 Å². The number of carboxylic acids is 1. The van der Waals surface area contributed by atoms with E-state index in [1.54, 1.807) is 0 Å². The average Bonchev–Trinajstić information content (AvgIpc) is 2.36. The number of ether oxygens (including phenoxy) is 1. The van der Waals surface area contributed by atoms with Gasteiger partial charge in [0.2, 0.25) is 0 Å². The summed E-state index contributed by atoms with van der Waals surface area (Å²) in [4.78, 5) is 10.3. The summed E-state index contributed by atoms with van der Waals surface area (Å²) in [5.41, 5.74) is 5.34. The van der Waals surface area contributed by atoms with Crippen molar-refractivity contribution in [2.24, 2.45) is 11.7 Å². The molecule has 0 aromatic heterocycles. The van der Waals surface area contributed by atoms with Crippen molar-refractivity contribution in [3.05, 3.63) is 0 Å². The number of hydrogen-bond donors (Lipinski definition) is 2. The van der Waals surface area contributed by atoms with Gasteiger partial charge in [0.15, 0.2) is 0 Å². The maximum atomic E-state index is 10.3. The summed E-state index contributed by atoms with van der Waals surface area (Å²) in [6, 6.07) is -0.748. The van der Waals surface area contributed by atoms with E-state index in [1.165, 1.54) is 0 Å². The molecule has 1 aliphatic heterocycles. The van der Waals surface area contributed by atoms with E-state index < -0.39 is 12.0 Å². The van der Waals surface area contributed by atoms with Crippen LogP contribution in [0.3, 0.4) is 0 Å². The third-order valence-corrected chi connectivity index (χ3v) is 1.76. The summed E-state index contributed by atoms with van der Waals surface area (Å²) < 4.78 is 4.99. The maximum Gasteiger partial charge on any atom is 0.320 e. The van der Waals surface area contributed by atoms with Crippen LogP contribution in [0.4, 0.5) is 0 Å². The third-order valence-electron chi connectivity index (χ3n) is 1.76. The predicted octanol–water partition coefficient (Wildman–Crippen LogP) is -0.565. The highest BCUT2D eigenvalue weighted by Gasteiger charge is 2.27. The fourth-order valence-electron chi connectivity index (χ4n) is 1.04. The molecule has 4 heteroatoms. The van der Waals surface area contributed by atoms with Gasteiger partial charge < -0.3 is 15.6 Å². The van der Waals surface area contributed by atoms with Gasteiger partial charge >= 0.3 is 5.97 Å². The summed E-state index contributed by atoms with van der Waals surface area (Å²) in [6.45, 7) is 1.14. The largest absolute Gasteiger partial charge is 0.480 e. The molecule has 1 rings (SSSR count). The van der Waals surface area contributed by atoms with E-state index in [2.05, 4.69) is 0 Å². The van der Waals surface area contributed by atoms with Crippen molar-refractivity contribution in [1.82, 2.24) is 0 Å². The van der Waals surface area contributed by atoms with Gasteiger partial charge in [-0.3, -0.25) is 4.79 Å². The van der Waals surface area contributed by atoms with Crippen LogP contribution in [0.15, 0.2) is 0 Å². The highest BCUT2D eigenvalue weighted by Crippen LogP contribution is 2.14. The van der Waals surface area contributed by atoms with Crippen LogP contribution in [-0.4, -0.2) is 30.3 Å². The van der Waals surface area contributed by atoms with Crippen LogP contribution in [0, 0.1) is 5.92 Å². The van der Waals surface area contributed by atoms with Gasteiger partial charge in [0.05, 0.1) is 6.61 Å². The van der Waals surface area contributed by atoms with Gasteiger partial charge in [0.25, 0.3) is 0 Å². The quantitative estimate of drug-likeness (QED) is 0.546. The van der Waals surface area contributed by atoms with E-state index in [0.717, 1.165) is 6.42 Å². The maximum absolute atomic E-state index is 10.3. The highest BCUT2D eigenvalue weighted by molar-refractivity contribution is 5.73. The highest BCUT2D eigenvalue weighted by atomic mass is 16.5. The molecule has 10 heavy (non-hydrogen) atoms. The molecular formula is C6H11NO3. The topological polar surface area (TPSA) is 72.6 Å². The molecule has 2 atom stereocenters. The van der Waals surface area contributed by atoms with Crippen LogP contribution in [0.25, 0.3) is 0 Å². The summed E-state index contributed by atoms with van der Waals surface area (Å²) in [5, 5.41) is 8.46. The normalized spacial score (nSPS) is 28.3. The lowest BCUT2D eigenvalue weighted by Gasteiger charge is -2.11. The zero-order valence-corrected chi connectivity index (χ0v) is 5.62. The van der Waals surface area contributed by atoms with Gasteiger partial charge in [-0.25, -0.2) is 0 Å². The third kappa shape index (κ3) is 1.46. The molecule has 0 bridgehead atoms. The Morgan fingerprint density at radius 1 is 1.80 bits per heavy atom. The first-order valence-electron chi connectivity index (χ1n) is 3.28. The van der Waals surface area contributed by atoms with Crippen LogP contribution in [0.1, 0.15) is 6.42 Å². The molecular weight excluding hydrogens is 134 g/mol. The monoisotopic (exact) mass is 145 g/mol. The Kier molecular flexibility index (Phi) is 2.24. The van der Waals surface area contributed by atoms with E-state index in [-0.39, 0.29) is 5.92 Å². The Bertz CT molecular complexity index is 131. The number of carbonyl (C=O) groups is 1. The predicted molar refractivity (Wildman–Crippen MR) is 34.5 cm³/mol. The van der Waals surface area contributed by atoms with Crippen molar-refractivity contribution < 1.29 is 14.6 Å². The molecule has 1 saturated heterocycles. The molecule has 1 aliphatic rings. The molecule has 1 heterocycles. The average molecular weight is 145 g/mol. The minimum absolute atomic E-state index is 0.0116. The number of aliphatic carboxylic acids is 1. The number of carboxylic acid groups (broad SMARTS) is 1. The Balaban J connectivity index is 2.39. The minimum Gasteiger partial charge on any atom is -0.480 e. The summed E-state index contributed by atoms with van der Waals surface area (Å²) in [5.74, 6) is -0.923. The molecule has 4 nitrogen and oxygen atoms in total. The summed E-state index contributed by atoms with van der Waals surface area (Å²) >= 11 is 0. The second kappa shape index (κ2) is 2.98. The SMILES string of the molecule is N[C@@H](C(=O)O)[C@@H]1CCOC1. The first-order valence-corrected chi connectivity index (χ1v) is 3.28. The van der Waals surface area contributed by atoms with Gasteiger partial charge in [-0.2, -0.15) is 0 Å². The lowest BCUT2D eigenvalue weighted by Crippen LogP contribution is -2.38. The molecule has 0 aliphatic carbocycles. The lowest BCUT2D eigenvalue weighted by atomic mass is 10.0. The van der Waals surface area contributed by atoms with Crippen molar-refractivity contribution in [1.29, 1.82) is 0 Å². The van der Waals surface area contributed by atoms with E-state index in [0.29, 0.717) is 13.2 Å². The van der Waals surface area contributed by atoms with Crippen LogP contribution < -0.4 is 5.73 Å². The summed E-state index contributed by atoms with van der Waals surface area (Å²) in [6.07, 6.45) is 0.771. The van der Waals surface area contributed by atoms with Crippen LogP contribution in [0.2, 0.25) is 0 Å². The van der Waals surface area contributed by atoms with E-state index in [1.807, 2.05) is 0 Å². The number of rotatable bonds is 2. The van der Waals surface area contributed by atoms with E-state index >= 15 is 0 Å². The van der Waals surface area contributed by atoms with Crippen LogP contribution >= 0.6 is 0 Å². The molecule has 0 unspecified atom stereocenters. The first kappa shape index (κ1) is 7.50. The lowest BCUT2D eigenvalue weighted by molar-refractivity contribution is -0.139. The van der Waals surface area contributed by atoms with Crippen LogP contribution in [-0.2, 0) is 9.53 Å². The molecule has 0 spiro atoms. The Morgan fingerprint density at radius 2 is 2.50 bits per heavy atom.